The molecule has 0 heterocycles. The number of hydrogen-bond acceptors (Lipinski definition) is 4. The summed E-state index contributed by atoms with van der Waals surface area (Å²) in [6.07, 6.45) is 3.19. The van der Waals surface area contributed by atoms with Crippen molar-refractivity contribution in [2.24, 2.45) is 10.9 Å². The molecule has 0 aromatic heterocycles. The summed E-state index contributed by atoms with van der Waals surface area (Å²) in [5.74, 6) is -0.140. The molecule has 0 aliphatic heterocycles. The Hall–Kier alpha value is -1.55. The van der Waals surface area contributed by atoms with Crippen molar-refractivity contribution in [2.75, 3.05) is 6.61 Å². The van der Waals surface area contributed by atoms with Crippen LogP contribution in [0, 0.1) is 28.7 Å². The normalized spacial score (nSPS) is 12.8. The van der Waals surface area contributed by atoms with Gasteiger partial charge in [-0.25, -0.2) is 0 Å². The van der Waals surface area contributed by atoms with E-state index >= 15 is 0 Å². The van der Waals surface area contributed by atoms with E-state index in [9.17, 15) is 0 Å². The Bertz CT molecular complexity index is 247. The summed E-state index contributed by atoms with van der Waals surface area (Å²) < 4.78 is 5.09. The molecular weight excluding hydrogens is 166 g/mol. The van der Waals surface area contributed by atoms with Gasteiger partial charge in [0.15, 0.2) is 0 Å². The van der Waals surface area contributed by atoms with Crippen molar-refractivity contribution in [1.82, 2.24) is 0 Å². The van der Waals surface area contributed by atoms with Gasteiger partial charge in [-0.2, -0.15) is 10.5 Å². The van der Waals surface area contributed by atoms with Crippen molar-refractivity contribution >= 4 is 5.90 Å². The van der Waals surface area contributed by atoms with Crippen molar-refractivity contribution in [2.45, 2.75) is 26.7 Å². The fourth-order valence-corrected chi connectivity index (χ4v) is 0.940. The second kappa shape index (κ2) is 7.12. The third kappa shape index (κ3) is 4.12. The quantitative estimate of drug-likeness (QED) is 0.375. The van der Waals surface area contributed by atoms with Crippen LogP contribution >= 0.6 is 0 Å². The van der Waals surface area contributed by atoms with E-state index in [1.54, 1.807) is 13.1 Å². The van der Waals surface area contributed by atoms with Crippen molar-refractivity contribution in [3.8, 4) is 12.3 Å². The average molecular weight is 179 g/mol. The molecule has 0 aromatic rings. The zero-order valence-corrected chi connectivity index (χ0v) is 7.95. The zero-order chi connectivity index (χ0) is 10.1. The molecule has 1 atom stereocenters. The highest BCUT2D eigenvalue weighted by molar-refractivity contribution is 5.81. The molecule has 4 heteroatoms. The molecule has 0 aromatic carbocycles. The van der Waals surface area contributed by atoms with Crippen molar-refractivity contribution < 1.29 is 4.74 Å². The van der Waals surface area contributed by atoms with E-state index in [1.807, 2.05) is 6.92 Å². The zero-order valence-electron chi connectivity index (χ0n) is 7.95. The lowest BCUT2D eigenvalue weighted by atomic mass is 10.1. The Kier molecular flexibility index (Phi) is 6.27. The number of aliphatic imine (C=N–C) groups is 1. The third-order valence-corrected chi connectivity index (χ3v) is 1.48. The Balaban J connectivity index is 4.43. The topological polar surface area (TPSA) is 69.2 Å². The highest BCUT2D eigenvalue weighted by Gasteiger charge is 2.15. The van der Waals surface area contributed by atoms with Crippen LogP contribution in [0.15, 0.2) is 4.99 Å². The minimum Gasteiger partial charge on any atom is -0.480 e. The standard InChI is InChI=1S/C9H13N3O/c1-3-5-8(6-10)9(12-7-11)13-4-2/h8H,3-5H2,1-2H3/b12-9-. The van der Waals surface area contributed by atoms with Crippen LogP contribution < -0.4 is 0 Å². The Morgan fingerprint density at radius 1 is 1.46 bits per heavy atom. The molecule has 0 bridgehead atoms. The molecule has 0 spiro atoms. The largest absolute Gasteiger partial charge is 0.480 e. The second-order valence-electron chi connectivity index (χ2n) is 2.45. The first-order valence-electron chi connectivity index (χ1n) is 4.29. The van der Waals surface area contributed by atoms with Gasteiger partial charge in [-0.1, -0.05) is 13.3 Å². The number of ether oxygens (including phenoxy) is 1. The van der Waals surface area contributed by atoms with Crippen molar-refractivity contribution in [3.05, 3.63) is 0 Å². The SMILES string of the molecule is CCCC(C#N)/C(=N/C#N)OCC. The summed E-state index contributed by atoms with van der Waals surface area (Å²) in [6, 6.07) is 2.07. The molecule has 0 saturated heterocycles. The highest BCUT2D eigenvalue weighted by atomic mass is 16.5. The fraction of sp³-hybridized carbons (Fsp3) is 0.667. The lowest BCUT2D eigenvalue weighted by molar-refractivity contribution is 0.306. The first kappa shape index (κ1) is 11.4. The maximum absolute atomic E-state index is 8.76. The molecule has 1 unspecified atom stereocenters. The molecule has 70 valence electrons. The first-order chi connectivity index (χ1) is 6.29. The van der Waals surface area contributed by atoms with Gasteiger partial charge < -0.3 is 4.74 Å². The van der Waals surface area contributed by atoms with Crippen molar-refractivity contribution in [3.63, 3.8) is 0 Å². The Morgan fingerprint density at radius 3 is 2.54 bits per heavy atom. The number of nitriles is 2. The highest BCUT2D eigenvalue weighted by Crippen LogP contribution is 2.08. The summed E-state index contributed by atoms with van der Waals surface area (Å²) in [6.45, 7) is 4.20. The maximum atomic E-state index is 8.76. The van der Waals surface area contributed by atoms with Crippen LogP contribution in [0.3, 0.4) is 0 Å². The second-order valence-corrected chi connectivity index (χ2v) is 2.45. The molecule has 0 N–H and O–H groups in total. The van der Waals surface area contributed by atoms with Crippen LogP contribution in [-0.2, 0) is 4.74 Å². The molecule has 0 saturated carbocycles. The van der Waals surface area contributed by atoms with Gasteiger partial charge in [-0.05, 0) is 13.3 Å². The molecule has 13 heavy (non-hydrogen) atoms. The molecule has 0 aliphatic rings. The van der Waals surface area contributed by atoms with E-state index < -0.39 is 0 Å². The predicted octanol–water partition coefficient (Wildman–Crippen LogP) is 1.84. The van der Waals surface area contributed by atoms with Gasteiger partial charge in [-0.15, -0.1) is 4.99 Å². The van der Waals surface area contributed by atoms with Gasteiger partial charge in [0.1, 0.15) is 5.92 Å². The average Bonchev–Trinajstić information content (AvgIpc) is 2.14. The van der Waals surface area contributed by atoms with Crippen LogP contribution in [0.2, 0.25) is 0 Å². The van der Waals surface area contributed by atoms with E-state index in [0.29, 0.717) is 13.0 Å². The molecule has 0 radical (unpaired) electrons. The van der Waals surface area contributed by atoms with Gasteiger partial charge in [0.2, 0.25) is 12.1 Å². The number of hydrogen-bond donors (Lipinski definition) is 0. The minimum atomic E-state index is -0.385. The monoisotopic (exact) mass is 179 g/mol. The van der Waals surface area contributed by atoms with E-state index in [0.717, 1.165) is 6.42 Å². The van der Waals surface area contributed by atoms with Crippen LogP contribution in [0.1, 0.15) is 26.7 Å². The Morgan fingerprint density at radius 2 is 2.15 bits per heavy atom. The van der Waals surface area contributed by atoms with Gasteiger partial charge >= 0.3 is 0 Å². The number of nitrogens with zero attached hydrogens (tertiary/aromatic N) is 3. The summed E-state index contributed by atoms with van der Waals surface area (Å²) in [7, 11) is 0. The lowest BCUT2D eigenvalue weighted by Crippen LogP contribution is -2.16. The van der Waals surface area contributed by atoms with Gasteiger partial charge in [0.05, 0.1) is 12.7 Å². The summed E-state index contributed by atoms with van der Waals surface area (Å²) in [4.78, 5) is 3.48. The fourth-order valence-electron chi connectivity index (χ4n) is 0.940. The van der Waals surface area contributed by atoms with Crippen molar-refractivity contribution in [1.29, 1.82) is 10.5 Å². The summed E-state index contributed by atoms with van der Waals surface area (Å²) in [5.41, 5.74) is 0. The van der Waals surface area contributed by atoms with Gasteiger partial charge in [0.25, 0.3) is 0 Å². The smallest absolute Gasteiger partial charge is 0.216 e. The predicted molar refractivity (Wildman–Crippen MR) is 48.7 cm³/mol. The van der Waals surface area contributed by atoms with Crippen LogP contribution in [0.5, 0.6) is 0 Å². The third-order valence-electron chi connectivity index (χ3n) is 1.48. The Labute approximate surface area is 78.5 Å². The first-order valence-corrected chi connectivity index (χ1v) is 4.29. The van der Waals surface area contributed by atoms with Gasteiger partial charge in [-0.3, -0.25) is 0 Å². The van der Waals surface area contributed by atoms with E-state index in [-0.39, 0.29) is 11.8 Å². The van der Waals surface area contributed by atoms with E-state index in [4.69, 9.17) is 15.3 Å². The molecule has 0 amide bonds. The number of rotatable bonds is 4. The molecule has 0 rings (SSSR count). The maximum Gasteiger partial charge on any atom is 0.216 e. The lowest BCUT2D eigenvalue weighted by Gasteiger charge is -2.09. The van der Waals surface area contributed by atoms with Gasteiger partial charge in [0, 0.05) is 0 Å². The molecular formula is C9H13N3O. The summed E-state index contributed by atoms with van der Waals surface area (Å²) in [5, 5.41) is 17.1. The summed E-state index contributed by atoms with van der Waals surface area (Å²) >= 11 is 0. The minimum absolute atomic E-state index is 0.245. The van der Waals surface area contributed by atoms with Crippen LogP contribution in [0.4, 0.5) is 0 Å². The molecule has 0 aliphatic carbocycles. The molecule has 0 fully saturated rings. The van der Waals surface area contributed by atoms with Crippen LogP contribution in [-0.4, -0.2) is 12.5 Å². The van der Waals surface area contributed by atoms with Crippen LogP contribution in [0.25, 0.3) is 0 Å². The molecule has 4 nitrogen and oxygen atoms in total. The van der Waals surface area contributed by atoms with E-state index in [2.05, 4.69) is 11.1 Å². The van der Waals surface area contributed by atoms with E-state index in [1.165, 1.54) is 0 Å².